The third-order valence-electron chi connectivity index (χ3n) is 3.87. The largest absolute Gasteiger partial charge is 0.389 e. The van der Waals surface area contributed by atoms with E-state index in [9.17, 15) is 13.9 Å². The summed E-state index contributed by atoms with van der Waals surface area (Å²) in [6, 6.07) is 0. The Morgan fingerprint density at radius 3 is 1.69 bits per heavy atom. The molecule has 2 rings (SSSR count). The molecule has 0 amide bonds. The Morgan fingerprint density at radius 1 is 1.08 bits per heavy atom. The summed E-state index contributed by atoms with van der Waals surface area (Å²) in [7, 11) is 0. The van der Waals surface area contributed by atoms with Crippen LogP contribution in [0.1, 0.15) is 40.0 Å². The number of rotatable bonds is 0. The van der Waals surface area contributed by atoms with Gasteiger partial charge in [-0.2, -0.15) is 0 Å². The minimum absolute atomic E-state index is 0.0155. The fourth-order valence-electron chi connectivity index (χ4n) is 2.36. The molecule has 2 aliphatic rings. The minimum Gasteiger partial charge on any atom is -0.389 e. The second-order valence-electron chi connectivity index (χ2n) is 5.80. The fourth-order valence-corrected chi connectivity index (χ4v) is 2.36. The number of halogens is 2. The highest BCUT2D eigenvalue weighted by molar-refractivity contribution is 5.24. The molecule has 0 saturated heterocycles. The van der Waals surface area contributed by atoms with Crippen molar-refractivity contribution in [2.24, 2.45) is 10.8 Å². The van der Waals surface area contributed by atoms with E-state index in [1.807, 2.05) is 20.8 Å². The molecule has 76 valence electrons. The van der Waals surface area contributed by atoms with Crippen LogP contribution in [0.25, 0.3) is 0 Å². The van der Waals surface area contributed by atoms with Crippen molar-refractivity contribution < 1.29 is 13.9 Å². The molecule has 1 spiro atoms. The van der Waals surface area contributed by atoms with Gasteiger partial charge in [-0.3, -0.25) is 0 Å². The lowest BCUT2D eigenvalue weighted by Crippen LogP contribution is -2.56. The average Bonchev–Trinajstić information content (AvgIpc) is 2.29. The van der Waals surface area contributed by atoms with Gasteiger partial charge in [-0.15, -0.1) is 0 Å². The summed E-state index contributed by atoms with van der Waals surface area (Å²) in [5, 5.41) is 10.0. The summed E-state index contributed by atoms with van der Waals surface area (Å²) in [6.07, 6.45) is 0.533. The van der Waals surface area contributed by atoms with Crippen molar-refractivity contribution in [2.45, 2.75) is 51.6 Å². The predicted octanol–water partition coefficient (Wildman–Crippen LogP) is 2.58. The van der Waals surface area contributed by atoms with Gasteiger partial charge >= 0.3 is 0 Å². The van der Waals surface area contributed by atoms with Crippen LogP contribution in [-0.4, -0.2) is 16.6 Å². The molecule has 1 nitrogen and oxygen atoms in total. The van der Waals surface area contributed by atoms with Gasteiger partial charge < -0.3 is 5.11 Å². The second kappa shape index (κ2) is 1.92. The van der Waals surface area contributed by atoms with Gasteiger partial charge in [0.25, 0.3) is 5.92 Å². The van der Waals surface area contributed by atoms with Crippen molar-refractivity contribution in [1.29, 1.82) is 0 Å². The van der Waals surface area contributed by atoms with E-state index >= 15 is 0 Å². The zero-order chi connectivity index (χ0) is 10.1. The molecule has 0 atom stereocenters. The zero-order valence-electron chi connectivity index (χ0n) is 8.32. The molecule has 0 radical (unpaired) electrons. The quantitative estimate of drug-likeness (QED) is 0.622. The maximum absolute atomic E-state index is 12.9. The molecule has 3 heteroatoms. The number of hydrogen-bond donors (Lipinski definition) is 1. The molecule has 0 aromatic rings. The van der Waals surface area contributed by atoms with Gasteiger partial charge in [0.1, 0.15) is 0 Å². The molecule has 2 fully saturated rings. The van der Waals surface area contributed by atoms with Gasteiger partial charge in [-0.1, -0.05) is 20.8 Å². The van der Waals surface area contributed by atoms with Crippen molar-refractivity contribution >= 4 is 0 Å². The summed E-state index contributed by atoms with van der Waals surface area (Å²) < 4.78 is 25.7. The maximum atomic E-state index is 12.9. The average molecular weight is 190 g/mol. The molecule has 0 heterocycles. The van der Waals surface area contributed by atoms with E-state index in [0.717, 1.165) is 0 Å². The Bertz CT molecular complexity index is 246. The minimum atomic E-state index is -2.50. The smallest absolute Gasteiger partial charge is 0.254 e. The van der Waals surface area contributed by atoms with E-state index in [1.54, 1.807) is 0 Å². The van der Waals surface area contributed by atoms with E-state index < -0.39 is 16.9 Å². The van der Waals surface area contributed by atoms with Crippen molar-refractivity contribution in [2.75, 3.05) is 0 Å². The molecule has 0 aromatic heterocycles. The standard InChI is InChI=1S/C10H16F2O/c1-7(2,3)9(13)4-8(5-9)6-10(8,11)12/h13H,4-6H2,1-3H3. The summed E-state index contributed by atoms with van der Waals surface area (Å²) >= 11 is 0. The fraction of sp³-hybridized carbons (Fsp3) is 1.00. The van der Waals surface area contributed by atoms with Crippen LogP contribution in [0.4, 0.5) is 8.78 Å². The van der Waals surface area contributed by atoms with Crippen molar-refractivity contribution in [3.8, 4) is 0 Å². The monoisotopic (exact) mass is 190 g/mol. The predicted molar refractivity (Wildman–Crippen MR) is 45.6 cm³/mol. The van der Waals surface area contributed by atoms with Crippen LogP contribution in [0.15, 0.2) is 0 Å². The van der Waals surface area contributed by atoms with Crippen LogP contribution in [0.2, 0.25) is 0 Å². The van der Waals surface area contributed by atoms with E-state index in [4.69, 9.17) is 0 Å². The van der Waals surface area contributed by atoms with Crippen LogP contribution in [0.3, 0.4) is 0 Å². The zero-order valence-corrected chi connectivity index (χ0v) is 8.32. The third kappa shape index (κ3) is 0.997. The van der Waals surface area contributed by atoms with Crippen molar-refractivity contribution in [3.05, 3.63) is 0 Å². The summed E-state index contributed by atoms with van der Waals surface area (Å²) in [6.45, 7) is 5.71. The highest BCUT2D eigenvalue weighted by atomic mass is 19.3. The maximum Gasteiger partial charge on any atom is 0.254 e. The van der Waals surface area contributed by atoms with Gasteiger partial charge in [0.05, 0.1) is 5.60 Å². The SMILES string of the molecule is CC(C)(C)C1(O)CC2(CC2(F)F)C1. The molecular weight excluding hydrogens is 174 g/mol. The normalized spacial score (nSPS) is 47.5. The van der Waals surface area contributed by atoms with Crippen molar-refractivity contribution in [1.82, 2.24) is 0 Å². The summed E-state index contributed by atoms with van der Waals surface area (Å²) in [5.74, 6) is -2.50. The van der Waals surface area contributed by atoms with Crippen LogP contribution in [-0.2, 0) is 0 Å². The number of hydrogen-bond acceptors (Lipinski definition) is 1. The second-order valence-corrected chi connectivity index (χ2v) is 5.80. The number of alkyl halides is 2. The van der Waals surface area contributed by atoms with Crippen LogP contribution < -0.4 is 0 Å². The molecule has 0 aliphatic heterocycles. The molecule has 0 aromatic carbocycles. The molecule has 2 aliphatic carbocycles. The first-order chi connectivity index (χ1) is 5.62. The van der Waals surface area contributed by atoms with E-state index in [-0.39, 0.29) is 24.7 Å². The Balaban J connectivity index is 2.06. The van der Waals surface area contributed by atoms with Crippen LogP contribution in [0, 0.1) is 10.8 Å². The first kappa shape index (κ1) is 9.38. The lowest BCUT2D eigenvalue weighted by atomic mass is 9.57. The third-order valence-corrected chi connectivity index (χ3v) is 3.87. The first-order valence-electron chi connectivity index (χ1n) is 4.72. The van der Waals surface area contributed by atoms with Gasteiger partial charge in [-0.25, -0.2) is 8.78 Å². The Hall–Kier alpha value is -0.180. The lowest BCUT2D eigenvalue weighted by Gasteiger charge is -2.52. The molecular formula is C10H16F2O. The summed E-state index contributed by atoms with van der Waals surface area (Å²) in [4.78, 5) is 0. The lowest BCUT2D eigenvalue weighted by molar-refractivity contribution is -0.180. The highest BCUT2D eigenvalue weighted by Gasteiger charge is 2.80. The topological polar surface area (TPSA) is 20.2 Å². The van der Waals surface area contributed by atoms with E-state index in [2.05, 4.69) is 0 Å². The van der Waals surface area contributed by atoms with Crippen molar-refractivity contribution in [3.63, 3.8) is 0 Å². The highest BCUT2D eigenvalue weighted by Crippen LogP contribution is 2.76. The van der Waals surface area contributed by atoms with E-state index in [1.165, 1.54) is 0 Å². The first-order valence-corrected chi connectivity index (χ1v) is 4.72. The van der Waals surface area contributed by atoms with Crippen LogP contribution in [0.5, 0.6) is 0 Å². The van der Waals surface area contributed by atoms with Crippen LogP contribution >= 0.6 is 0 Å². The van der Waals surface area contributed by atoms with Gasteiger partial charge in [0.2, 0.25) is 0 Å². The molecule has 0 unspecified atom stereocenters. The Morgan fingerprint density at radius 2 is 1.46 bits per heavy atom. The molecule has 2 saturated carbocycles. The number of aliphatic hydroxyl groups is 1. The molecule has 13 heavy (non-hydrogen) atoms. The van der Waals surface area contributed by atoms with Gasteiger partial charge in [0, 0.05) is 11.8 Å². The summed E-state index contributed by atoms with van der Waals surface area (Å²) in [5.41, 5.74) is -1.97. The van der Waals surface area contributed by atoms with Gasteiger partial charge in [-0.05, 0) is 18.3 Å². The Labute approximate surface area is 77.1 Å². The molecule has 0 bridgehead atoms. The van der Waals surface area contributed by atoms with Gasteiger partial charge in [0.15, 0.2) is 0 Å². The Kier molecular flexibility index (Phi) is 1.39. The van der Waals surface area contributed by atoms with E-state index in [0.29, 0.717) is 0 Å². The molecule has 1 N–H and O–H groups in total.